The van der Waals surface area contributed by atoms with Gasteiger partial charge in [-0.05, 0) is 40.5 Å². The van der Waals surface area contributed by atoms with Gasteiger partial charge in [0.15, 0.2) is 0 Å². The Hall–Kier alpha value is -2.47. The zero-order chi connectivity index (χ0) is 18.5. The van der Waals surface area contributed by atoms with E-state index in [1.54, 1.807) is 11.9 Å². The molecular formula is C20H18BrFN2O2. The first kappa shape index (κ1) is 18.3. The van der Waals surface area contributed by atoms with Crippen molar-refractivity contribution in [2.45, 2.75) is 12.8 Å². The minimum Gasteiger partial charge on any atom is -0.361 e. The van der Waals surface area contributed by atoms with Crippen LogP contribution in [0.5, 0.6) is 0 Å². The molecule has 0 atom stereocenters. The van der Waals surface area contributed by atoms with Crippen molar-refractivity contribution in [2.24, 2.45) is 0 Å². The minimum atomic E-state index is -0.431. The molecule has 0 unspecified atom stereocenters. The highest BCUT2D eigenvalue weighted by Crippen LogP contribution is 2.21. The molecule has 2 aromatic carbocycles. The molecule has 1 heterocycles. The first-order valence-corrected chi connectivity index (χ1v) is 9.05. The van der Waals surface area contributed by atoms with E-state index in [0.717, 1.165) is 23.4 Å². The first-order valence-electron chi connectivity index (χ1n) is 8.26. The predicted molar refractivity (Wildman–Crippen MR) is 101 cm³/mol. The Morgan fingerprint density at radius 3 is 2.73 bits per heavy atom. The van der Waals surface area contributed by atoms with Gasteiger partial charge < -0.3 is 9.42 Å². The van der Waals surface area contributed by atoms with Gasteiger partial charge in [-0.3, -0.25) is 4.79 Å². The number of halogens is 2. The SMILES string of the molecule is CN(CCCc1cc(-c2ccccc2)no1)C(=O)c1cc(F)ccc1Br. The van der Waals surface area contributed by atoms with Crippen LogP contribution in [-0.4, -0.2) is 29.6 Å². The van der Waals surface area contributed by atoms with Crippen molar-refractivity contribution in [1.29, 1.82) is 0 Å². The van der Waals surface area contributed by atoms with Gasteiger partial charge in [0.2, 0.25) is 0 Å². The summed E-state index contributed by atoms with van der Waals surface area (Å²) in [6.45, 7) is 0.531. The van der Waals surface area contributed by atoms with Crippen LogP contribution in [0.15, 0.2) is 63.6 Å². The Morgan fingerprint density at radius 2 is 1.96 bits per heavy atom. The second-order valence-corrected chi connectivity index (χ2v) is 6.85. The van der Waals surface area contributed by atoms with Crippen molar-refractivity contribution >= 4 is 21.8 Å². The molecule has 0 spiro atoms. The van der Waals surface area contributed by atoms with E-state index in [9.17, 15) is 9.18 Å². The lowest BCUT2D eigenvalue weighted by molar-refractivity contribution is 0.0791. The number of hydrogen-bond donors (Lipinski definition) is 0. The van der Waals surface area contributed by atoms with Crippen LogP contribution in [-0.2, 0) is 6.42 Å². The smallest absolute Gasteiger partial charge is 0.254 e. The Balaban J connectivity index is 1.55. The van der Waals surface area contributed by atoms with E-state index in [1.807, 2.05) is 36.4 Å². The molecule has 3 rings (SSSR count). The topological polar surface area (TPSA) is 46.3 Å². The van der Waals surface area contributed by atoms with Crippen LogP contribution >= 0.6 is 15.9 Å². The van der Waals surface area contributed by atoms with E-state index in [0.29, 0.717) is 23.0 Å². The summed E-state index contributed by atoms with van der Waals surface area (Å²) >= 11 is 3.29. The van der Waals surface area contributed by atoms with E-state index >= 15 is 0 Å². The van der Waals surface area contributed by atoms with E-state index in [4.69, 9.17) is 4.52 Å². The molecule has 0 aliphatic carbocycles. The number of aromatic nitrogens is 1. The summed E-state index contributed by atoms with van der Waals surface area (Å²) in [5.74, 6) is 0.121. The summed E-state index contributed by atoms with van der Waals surface area (Å²) in [4.78, 5) is 14.0. The fourth-order valence-electron chi connectivity index (χ4n) is 2.63. The summed E-state index contributed by atoms with van der Waals surface area (Å²) in [7, 11) is 1.70. The highest BCUT2D eigenvalue weighted by molar-refractivity contribution is 9.10. The Kier molecular flexibility index (Phi) is 5.83. The van der Waals surface area contributed by atoms with Crippen molar-refractivity contribution in [3.05, 3.63) is 76.2 Å². The molecule has 0 aliphatic rings. The molecule has 26 heavy (non-hydrogen) atoms. The third-order valence-electron chi connectivity index (χ3n) is 4.05. The third-order valence-corrected chi connectivity index (χ3v) is 4.74. The number of hydrogen-bond acceptors (Lipinski definition) is 3. The summed E-state index contributed by atoms with van der Waals surface area (Å²) in [6.07, 6.45) is 1.39. The number of amides is 1. The molecule has 0 saturated heterocycles. The van der Waals surface area contributed by atoms with Crippen LogP contribution in [0.1, 0.15) is 22.5 Å². The van der Waals surface area contributed by atoms with Crippen molar-refractivity contribution in [3.63, 3.8) is 0 Å². The van der Waals surface area contributed by atoms with Gasteiger partial charge in [0.25, 0.3) is 5.91 Å². The molecule has 3 aromatic rings. The average molecular weight is 417 g/mol. The standard InChI is InChI=1S/C20H18BrFN2O2/c1-24(20(25)17-12-15(22)9-10-18(17)21)11-5-8-16-13-19(23-26-16)14-6-3-2-4-7-14/h2-4,6-7,9-10,12-13H,5,8,11H2,1H3. The maximum Gasteiger partial charge on any atom is 0.254 e. The van der Waals surface area contributed by atoms with Gasteiger partial charge in [-0.15, -0.1) is 0 Å². The minimum absolute atomic E-state index is 0.223. The van der Waals surface area contributed by atoms with Gasteiger partial charge in [-0.1, -0.05) is 35.5 Å². The molecule has 6 heteroatoms. The molecular weight excluding hydrogens is 399 g/mol. The molecule has 0 radical (unpaired) electrons. The average Bonchev–Trinajstić information content (AvgIpc) is 3.12. The van der Waals surface area contributed by atoms with Gasteiger partial charge in [0.05, 0.1) is 5.56 Å². The Bertz CT molecular complexity index is 896. The van der Waals surface area contributed by atoms with Gasteiger partial charge in [0.1, 0.15) is 17.3 Å². The lowest BCUT2D eigenvalue weighted by Crippen LogP contribution is -2.28. The molecule has 0 N–H and O–H groups in total. The normalized spacial score (nSPS) is 10.7. The quantitative estimate of drug-likeness (QED) is 0.570. The highest BCUT2D eigenvalue weighted by atomic mass is 79.9. The number of carbonyl (C=O) groups is 1. The second kappa shape index (κ2) is 8.27. The molecule has 134 valence electrons. The molecule has 1 aromatic heterocycles. The molecule has 0 saturated carbocycles. The molecule has 0 aliphatic heterocycles. The molecule has 1 amide bonds. The largest absolute Gasteiger partial charge is 0.361 e. The molecule has 0 bridgehead atoms. The first-order chi connectivity index (χ1) is 12.5. The number of nitrogens with zero attached hydrogens (tertiary/aromatic N) is 2. The number of aryl methyl sites for hydroxylation is 1. The van der Waals surface area contributed by atoms with Crippen molar-refractivity contribution in [1.82, 2.24) is 10.1 Å². The Labute approximate surface area is 159 Å². The number of rotatable bonds is 6. The summed E-state index contributed by atoms with van der Waals surface area (Å²) in [5, 5.41) is 4.08. The number of benzene rings is 2. The van der Waals surface area contributed by atoms with Gasteiger partial charge in [-0.25, -0.2) is 4.39 Å². The van der Waals surface area contributed by atoms with E-state index < -0.39 is 5.82 Å². The second-order valence-electron chi connectivity index (χ2n) is 6.00. The third kappa shape index (κ3) is 4.38. The monoisotopic (exact) mass is 416 g/mol. The van der Waals surface area contributed by atoms with Crippen LogP contribution < -0.4 is 0 Å². The van der Waals surface area contributed by atoms with Gasteiger partial charge in [0, 0.05) is 36.1 Å². The van der Waals surface area contributed by atoms with E-state index in [-0.39, 0.29) is 5.91 Å². The maximum absolute atomic E-state index is 13.4. The summed E-state index contributed by atoms with van der Waals surface area (Å²) in [6, 6.07) is 15.8. The lowest BCUT2D eigenvalue weighted by atomic mass is 10.1. The Morgan fingerprint density at radius 1 is 1.19 bits per heavy atom. The van der Waals surface area contributed by atoms with Crippen LogP contribution in [0.4, 0.5) is 4.39 Å². The van der Waals surface area contributed by atoms with Crippen molar-refractivity contribution in [2.75, 3.05) is 13.6 Å². The van der Waals surface area contributed by atoms with Crippen LogP contribution in [0.3, 0.4) is 0 Å². The lowest BCUT2D eigenvalue weighted by Gasteiger charge is -2.17. The number of carbonyl (C=O) groups excluding carboxylic acids is 1. The van der Waals surface area contributed by atoms with Crippen molar-refractivity contribution < 1.29 is 13.7 Å². The van der Waals surface area contributed by atoms with Gasteiger partial charge in [-0.2, -0.15) is 0 Å². The van der Waals surface area contributed by atoms with Gasteiger partial charge >= 0.3 is 0 Å². The zero-order valence-electron chi connectivity index (χ0n) is 14.3. The van der Waals surface area contributed by atoms with Crippen LogP contribution in [0.25, 0.3) is 11.3 Å². The molecule has 0 fully saturated rings. The fourth-order valence-corrected chi connectivity index (χ4v) is 3.05. The predicted octanol–water partition coefficient (Wildman–Crippen LogP) is 4.95. The van der Waals surface area contributed by atoms with E-state index in [1.165, 1.54) is 18.2 Å². The van der Waals surface area contributed by atoms with Crippen LogP contribution in [0, 0.1) is 5.82 Å². The molecule has 4 nitrogen and oxygen atoms in total. The fraction of sp³-hybridized carbons (Fsp3) is 0.200. The highest BCUT2D eigenvalue weighted by Gasteiger charge is 2.16. The summed E-state index contributed by atoms with van der Waals surface area (Å²) < 4.78 is 19.3. The van der Waals surface area contributed by atoms with E-state index in [2.05, 4.69) is 21.1 Å². The maximum atomic E-state index is 13.4. The van der Waals surface area contributed by atoms with Crippen LogP contribution in [0.2, 0.25) is 0 Å². The van der Waals surface area contributed by atoms with Crippen molar-refractivity contribution in [3.8, 4) is 11.3 Å². The zero-order valence-corrected chi connectivity index (χ0v) is 15.9. The summed E-state index contributed by atoms with van der Waals surface area (Å²) in [5.41, 5.74) is 2.12.